The van der Waals surface area contributed by atoms with E-state index in [1.54, 1.807) is 18.2 Å². The van der Waals surface area contributed by atoms with E-state index < -0.39 is 0 Å². The van der Waals surface area contributed by atoms with Crippen LogP contribution in [-0.2, 0) is 16.0 Å². The van der Waals surface area contributed by atoms with Crippen LogP contribution in [0.15, 0.2) is 18.2 Å². The lowest BCUT2D eigenvalue weighted by atomic mass is 9.95. The zero-order chi connectivity index (χ0) is 22.2. The van der Waals surface area contributed by atoms with Crippen molar-refractivity contribution in [3.63, 3.8) is 0 Å². The number of hydrogen-bond acceptors (Lipinski definition) is 5. The number of ether oxygens (including phenoxy) is 1. The summed E-state index contributed by atoms with van der Waals surface area (Å²) in [5.41, 5.74) is 0.467. The summed E-state index contributed by atoms with van der Waals surface area (Å²) in [5.74, 6) is 1.98. The monoisotopic (exact) mass is 477 g/mol. The van der Waals surface area contributed by atoms with Gasteiger partial charge in [0, 0.05) is 43.5 Å². The largest absolute Gasteiger partial charge is 0.378 e. The molecule has 0 spiro atoms. The number of amides is 2. The van der Waals surface area contributed by atoms with Crippen molar-refractivity contribution in [2.75, 3.05) is 39.4 Å². The van der Waals surface area contributed by atoms with Crippen molar-refractivity contribution in [2.45, 2.75) is 37.6 Å². The van der Waals surface area contributed by atoms with Crippen LogP contribution >= 0.6 is 23.2 Å². The number of nitrogens with zero attached hydrogens (tertiary/aromatic N) is 5. The summed E-state index contributed by atoms with van der Waals surface area (Å²) in [7, 11) is 0. The van der Waals surface area contributed by atoms with Crippen LogP contribution in [-0.4, -0.2) is 75.8 Å². The third kappa shape index (κ3) is 4.00. The van der Waals surface area contributed by atoms with Crippen LogP contribution in [0.2, 0.25) is 10.0 Å². The molecule has 170 valence electrons. The minimum atomic E-state index is -0.236. The van der Waals surface area contributed by atoms with Gasteiger partial charge in [-0.05, 0) is 37.5 Å². The SMILES string of the molecule is O=C(c1ccc(Cl)cc1Cl)N1CCC(c2nnc3n2C(C(=O)N2CCOCC2)CC3)CC1. The van der Waals surface area contributed by atoms with Gasteiger partial charge in [0.15, 0.2) is 0 Å². The molecule has 1 unspecified atom stereocenters. The van der Waals surface area contributed by atoms with Crippen LogP contribution in [0.5, 0.6) is 0 Å². The quantitative estimate of drug-likeness (QED) is 0.678. The molecule has 3 aliphatic heterocycles. The highest BCUT2D eigenvalue weighted by Crippen LogP contribution is 2.35. The second kappa shape index (κ2) is 9.00. The van der Waals surface area contributed by atoms with E-state index in [0.29, 0.717) is 55.0 Å². The van der Waals surface area contributed by atoms with Gasteiger partial charge < -0.3 is 19.1 Å². The van der Waals surface area contributed by atoms with Crippen molar-refractivity contribution in [1.82, 2.24) is 24.6 Å². The Labute approximate surface area is 196 Å². The van der Waals surface area contributed by atoms with Crippen molar-refractivity contribution in [1.29, 1.82) is 0 Å². The summed E-state index contributed by atoms with van der Waals surface area (Å²) in [5, 5.41) is 9.72. The third-order valence-corrected chi connectivity index (χ3v) is 7.21. The standard InChI is InChI=1S/C22H25Cl2N5O3/c23-15-1-2-16(17(24)13-15)21(30)27-7-5-14(6-8-27)20-26-25-19-4-3-18(29(19)20)22(31)28-9-11-32-12-10-28/h1-2,13-14,18H,3-12H2. The third-order valence-electron chi connectivity index (χ3n) is 6.66. The lowest BCUT2D eigenvalue weighted by molar-refractivity contribution is -0.138. The van der Waals surface area contributed by atoms with Gasteiger partial charge in [-0.15, -0.1) is 10.2 Å². The number of fused-ring (bicyclic) bond motifs is 1. The van der Waals surface area contributed by atoms with E-state index in [1.165, 1.54) is 0 Å². The van der Waals surface area contributed by atoms with Gasteiger partial charge in [-0.1, -0.05) is 23.2 Å². The summed E-state index contributed by atoms with van der Waals surface area (Å²) in [4.78, 5) is 29.8. The molecule has 1 aromatic heterocycles. The normalized spacial score (nSPS) is 21.6. The molecular formula is C22H25Cl2N5O3. The first-order valence-electron chi connectivity index (χ1n) is 11.1. The maximum absolute atomic E-state index is 13.2. The molecule has 5 rings (SSSR count). The highest BCUT2D eigenvalue weighted by molar-refractivity contribution is 6.36. The van der Waals surface area contributed by atoms with Crippen LogP contribution < -0.4 is 0 Å². The first-order valence-corrected chi connectivity index (χ1v) is 11.8. The second-order valence-corrected chi connectivity index (χ2v) is 9.37. The molecule has 1 aromatic carbocycles. The molecule has 0 N–H and O–H groups in total. The average molecular weight is 478 g/mol. The Kier molecular flexibility index (Phi) is 6.09. The van der Waals surface area contributed by atoms with E-state index in [0.717, 1.165) is 37.3 Å². The summed E-state index contributed by atoms with van der Waals surface area (Å²) in [6, 6.07) is 4.71. The van der Waals surface area contributed by atoms with E-state index in [2.05, 4.69) is 14.8 Å². The molecule has 0 bridgehead atoms. The molecule has 32 heavy (non-hydrogen) atoms. The van der Waals surface area contributed by atoms with E-state index in [1.807, 2.05) is 9.80 Å². The summed E-state index contributed by atoms with van der Waals surface area (Å²) < 4.78 is 7.45. The minimum Gasteiger partial charge on any atom is -0.378 e. The Balaban J connectivity index is 1.28. The van der Waals surface area contributed by atoms with E-state index in [9.17, 15) is 9.59 Å². The molecule has 2 fully saturated rings. The topological polar surface area (TPSA) is 80.6 Å². The molecule has 8 nitrogen and oxygen atoms in total. The maximum Gasteiger partial charge on any atom is 0.255 e. The van der Waals surface area contributed by atoms with E-state index >= 15 is 0 Å². The smallest absolute Gasteiger partial charge is 0.255 e. The number of hydrogen-bond donors (Lipinski definition) is 0. The highest BCUT2D eigenvalue weighted by Gasteiger charge is 2.38. The maximum atomic E-state index is 13.2. The number of benzene rings is 1. The molecule has 2 amide bonds. The average Bonchev–Trinajstić information content (AvgIpc) is 3.41. The summed E-state index contributed by atoms with van der Waals surface area (Å²) >= 11 is 12.2. The fourth-order valence-corrected chi connectivity index (χ4v) is 5.41. The van der Waals surface area contributed by atoms with Crippen LogP contribution in [0.3, 0.4) is 0 Å². The Morgan fingerprint density at radius 2 is 1.72 bits per heavy atom. The number of aryl methyl sites for hydroxylation is 1. The van der Waals surface area contributed by atoms with E-state index in [-0.39, 0.29) is 23.8 Å². The van der Waals surface area contributed by atoms with Gasteiger partial charge in [0.05, 0.1) is 23.8 Å². The molecule has 0 saturated carbocycles. The molecule has 2 saturated heterocycles. The fraction of sp³-hybridized carbons (Fsp3) is 0.545. The molecule has 1 atom stereocenters. The van der Waals surface area contributed by atoms with Crippen molar-refractivity contribution in [3.8, 4) is 0 Å². The lowest BCUT2D eigenvalue weighted by Crippen LogP contribution is -2.44. The lowest BCUT2D eigenvalue weighted by Gasteiger charge is -2.33. The molecule has 10 heteroatoms. The first-order chi connectivity index (χ1) is 15.5. The fourth-order valence-electron chi connectivity index (χ4n) is 4.92. The molecule has 3 aliphatic rings. The minimum absolute atomic E-state index is 0.0861. The van der Waals surface area contributed by atoms with Gasteiger partial charge >= 0.3 is 0 Å². The van der Waals surface area contributed by atoms with Crippen LogP contribution in [0.4, 0.5) is 0 Å². The number of rotatable bonds is 3. The number of aromatic nitrogens is 3. The van der Waals surface area contributed by atoms with Crippen molar-refractivity contribution >= 4 is 35.0 Å². The van der Waals surface area contributed by atoms with Gasteiger partial charge in [0.25, 0.3) is 5.91 Å². The Hall–Kier alpha value is -2.16. The number of halogens is 2. The Bertz CT molecular complexity index is 1030. The zero-order valence-electron chi connectivity index (χ0n) is 17.7. The van der Waals surface area contributed by atoms with Crippen molar-refractivity contribution in [3.05, 3.63) is 45.5 Å². The van der Waals surface area contributed by atoms with Gasteiger partial charge in [-0.25, -0.2) is 0 Å². The summed E-state index contributed by atoms with van der Waals surface area (Å²) in [6.07, 6.45) is 3.07. The summed E-state index contributed by atoms with van der Waals surface area (Å²) in [6.45, 7) is 3.65. The van der Waals surface area contributed by atoms with Gasteiger partial charge in [0.1, 0.15) is 17.7 Å². The van der Waals surface area contributed by atoms with Crippen molar-refractivity contribution in [2.24, 2.45) is 0 Å². The van der Waals surface area contributed by atoms with Crippen LogP contribution in [0.25, 0.3) is 0 Å². The molecule has 0 aliphatic carbocycles. The Morgan fingerprint density at radius 1 is 0.969 bits per heavy atom. The molecule has 0 radical (unpaired) electrons. The van der Waals surface area contributed by atoms with E-state index in [4.69, 9.17) is 27.9 Å². The van der Waals surface area contributed by atoms with Crippen LogP contribution in [0, 0.1) is 0 Å². The molecule has 2 aromatic rings. The highest BCUT2D eigenvalue weighted by atomic mass is 35.5. The van der Waals surface area contributed by atoms with Crippen LogP contribution in [0.1, 0.15) is 53.2 Å². The van der Waals surface area contributed by atoms with Gasteiger partial charge in [0.2, 0.25) is 5.91 Å². The number of morpholine rings is 1. The first kappa shape index (κ1) is 21.7. The number of likely N-dealkylation sites (tertiary alicyclic amines) is 1. The number of carbonyl (C=O) groups is 2. The Morgan fingerprint density at radius 3 is 2.44 bits per heavy atom. The van der Waals surface area contributed by atoms with Gasteiger partial charge in [-0.3, -0.25) is 9.59 Å². The zero-order valence-corrected chi connectivity index (χ0v) is 19.2. The molecular weight excluding hydrogens is 453 g/mol. The van der Waals surface area contributed by atoms with Gasteiger partial charge in [-0.2, -0.15) is 0 Å². The van der Waals surface area contributed by atoms with Crippen molar-refractivity contribution < 1.29 is 14.3 Å². The number of piperidine rings is 1. The predicted molar refractivity (Wildman–Crippen MR) is 119 cm³/mol. The second-order valence-electron chi connectivity index (χ2n) is 8.53. The predicted octanol–water partition coefficient (Wildman–Crippen LogP) is 2.95. The number of carbonyl (C=O) groups excluding carboxylic acids is 2. The molecule has 4 heterocycles.